The zero-order chi connectivity index (χ0) is 22.9. The molecule has 1 atom stereocenters. The number of carbonyl (C=O) groups excluding carboxylic acids is 1. The Morgan fingerprint density at radius 3 is 2.61 bits per heavy atom. The van der Waals surface area contributed by atoms with Gasteiger partial charge in [0.25, 0.3) is 5.91 Å². The number of piperidine rings is 1. The average molecular weight is 473 g/mol. The highest BCUT2D eigenvalue weighted by atomic mass is 35.5. The van der Waals surface area contributed by atoms with Crippen molar-refractivity contribution in [2.24, 2.45) is 0 Å². The predicted molar refractivity (Wildman–Crippen MR) is 117 cm³/mol. The number of aryl methyl sites for hydroxylation is 1. The van der Waals surface area contributed by atoms with Gasteiger partial charge in [-0.2, -0.15) is 0 Å². The number of carbonyl (C=O) groups is 1. The van der Waals surface area contributed by atoms with E-state index in [4.69, 9.17) is 20.8 Å². The van der Waals surface area contributed by atoms with Gasteiger partial charge in [0.1, 0.15) is 11.0 Å². The lowest BCUT2D eigenvalue weighted by Crippen LogP contribution is -2.47. The summed E-state index contributed by atoms with van der Waals surface area (Å²) in [6.07, 6.45) is 4.64. The zero-order valence-corrected chi connectivity index (χ0v) is 18.7. The second-order valence-corrected chi connectivity index (χ2v) is 8.50. The van der Waals surface area contributed by atoms with E-state index in [2.05, 4.69) is 25.1 Å². The quantitative estimate of drug-likeness (QED) is 0.558. The summed E-state index contributed by atoms with van der Waals surface area (Å²) in [5.74, 6) is 0.766. The smallest absolute Gasteiger partial charge is 0.263 e. The molecule has 0 radical (unpaired) electrons. The first-order valence-corrected chi connectivity index (χ1v) is 11.2. The van der Waals surface area contributed by atoms with Gasteiger partial charge in [-0.15, -0.1) is 10.2 Å². The van der Waals surface area contributed by atoms with Crippen LogP contribution in [0.4, 0.5) is 10.2 Å². The molecule has 1 aromatic carbocycles. The van der Waals surface area contributed by atoms with Gasteiger partial charge >= 0.3 is 0 Å². The fraction of sp³-hybridized carbons (Fsp3) is 0.409. The molecular formula is C22H22ClFN6O3. The van der Waals surface area contributed by atoms with Crippen molar-refractivity contribution in [2.45, 2.75) is 38.3 Å². The van der Waals surface area contributed by atoms with Gasteiger partial charge in [0.15, 0.2) is 17.7 Å². The van der Waals surface area contributed by atoms with Crippen LogP contribution in [0.5, 0.6) is 5.75 Å². The molecule has 4 heterocycles. The Kier molecular flexibility index (Phi) is 5.84. The van der Waals surface area contributed by atoms with Gasteiger partial charge in [0.05, 0.1) is 12.4 Å². The third-order valence-corrected chi connectivity index (χ3v) is 6.20. The summed E-state index contributed by atoms with van der Waals surface area (Å²) in [5.41, 5.74) is 0.456. The Morgan fingerprint density at radius 1 is 1.12 bits per heavy atom. The number of hydrogen-bond donors (Lipinski definition) is 0. The maximum absolute atomic E-state index is 14.6. The molecule has 0 aliphatic carbocycles. The normalized spacial score (nSPS) is 19.4. The molecule has 0 spiro atoms. The molecule has 33 heavy (non-hydrogen) atoms. The number of ether oxygens (including phenoxy) is 1. The molecule has 5 rings (SSSR count). The minimum absolute atomic E-state index is 0.0336. The van der Waals surface area contributed by atoms with Crippen LogP contribution in [0.15, 0.2) is 35.0 Å². The van der Waals surface area contributed by atoms with Crippen molar-refractivity contribution < 1.29 is 18.3 Å². The third-order valence-electron chi connectivity index (χ3n) is 6.00. The molecule has 2 saturated heterocycles. The van der Waals surface area contributed by atoms with Crippen molar-refractivity contribution >= 4 is 23.3 Å². The lowest BCUT2D eigenvalue weighted by Gasteiger charge is -2.37. The second-order valence-electron chi connectivity index (χ2n) is 8.11. The van der Waals surface area contributed by atoms with Crippen molar-refractivity contribution in [3.05, 3.63) is 47.5 Å². The van der Waals surface area contributed by atoms with Crippen LogP contribution in [-0.4, -0.2) is 62.8 Å². The summed E-state index contributed by atoms with van der Waals surface area (Å²) in [7, 11) is 0. The number of nitrogens with zero attached hydrogens (tertiary/aromatic N) is 6. The molecule has 0 saturated carbocycles. The molecule has 1 amide bonds. The van der Waals surface area contributed by atoms with Crippen LogP contribution in [0, 0.1) is 12.7 Å². The van der Waals surface area contributed by atoms with Crippen LogP contribution in [0.3, 0.4) is 0 Å². The van der Waals surface area contributed by atoms with E-state index in [9.17, 15) is 9.18 Å². The molecule has 0 N–H and O–H groups in total. The number of halogens is 2. The molecular weight excluding hydrogens is 451 g/mol. The van der Waals surface area contributed by atoms with Crippen LogP contribution in [0.25, 0.3) is 11.5 Å². The monoisotopic (exact) mass is 472 g/mol. The van der Waals surface area contributed by atoms with E-state index < -0.39 is 11.9 Å². The van der Waals surface area contributed by atoms with E-state index in [1.54, 1.807) is 19.2 Å². The van der Waals surface area contributed by atoms with E-state index in [0.717, 1.165) is 31.7 Å². The Balaban J connectivity index is 1.19. The number of likely N-dealkylation sites (tertiary alicyclic amines) is 1. The third kappa shape index (κ3) is 4.47. The topological polar surface area (TPSA) is 97.5 Å². The van der Waals surface area contributed by atoms with Crippen molar-refractivity contribution in [2.75, 3.05) is 24.5 Å². The second kappa shape index (κ2) is 8.93. The summed E-state index contributed by atoms with van der Waals surface area (Å²) in [6, 6.07) is 4.52. The molecule has 2 aliphatic heterocycles. The van der Waals surface area contributed by atoms with Gasteiger partial charge in [0.2, 0.25) is 11.8 Å². The highest BCUT2D eigenvalue weighted by molar-refractivity contribution is 6.29. The number of aromatic nitrogens is 4. The lowest BCUT2D eigenvalue weighted by atomic mass is 10.0. The van der Waals surface area contributed by atoms with Crippen LogP contribution in [-0.2, 0) is 4.79 Å². The van der Waals surface area contributed by atoms with Crippen molar-refractivity contribution in [3.63, 3.8) is 0 Å². The number of amides is 1. The maximum Gasteiger partial charge on any atom is 0.263 e. The Labute approximate surface area is 194 Å². The van der Waals surface area contributed by atoms with E-state index in [-0.39, 0.29) is 23.6 Å². The van der Waals surface area contributed by atoms with Crippen molar-refractivity contribution in [1.82, 2.24) is 25.1 Å². The lowest BCUT2D eigenvalue weighted by molar-refractivity contribution is -0.135. The largest absolute Gasteiger partial charge is 0.477 e. The summed E-state index contributed by atoms with van der Waals surface area (Å²) in [6.45, 7) is 3.79. The van der Waals surface area contributed by atoms with Gasteiger partial charge in [-0.05, 0) is 31.0 Å². The molecule has 9 nitrogen and oxygen atoms in total. The highest BCUT2D eigenvalue weighted by Crippen LogP contribution is 2.30. The molecule has 3 aromatic rings. The molecule has 0 bridgehead atoms. The fourth-order valence-electron chi connectivity index (χ4n) is 4.32. The van der Waals surface area contributed by atoms with Crippen LogP contribution in [0.2, 0.25) is 5.15 Å². The SMILES string of the molecule is Cc1nnc(-c2ccc(OC3CCN(C4CCN(c5cnc(Cl)cn5)CC4)C3=O)c(F)c2)o1. The van der Waals surface area contributed by atoms with Gasteiger partial charge in [-0.3, -0.25) is 4.79 Å². The van der Waals surface area contributed by atoms with Crippen molar-refractivity contribution in [3.8, 4) is 17.2 Å². The Bertz CT molecular complexity index is 1150. The molecule has 2 fully saturated rings. The summed E-state index contributed by atoms with van der Waals surface area (Å²) in [4.78, 5) is 25.4. The highest BCUT2D eigenvalue weighted by Gasteiger charge is 2.39. The molecule has 172 valence electrons. The summed E-state index contributed by atoms with van der Waals surface area (Å²) >= 11 is 5.81. The van der Waals surface area contributed by atoms with E-state index in [1.165, 1.54) is 18.3 Å². The van der Waals surface area contributed by atoms with Gasteiger partial charge in [-0.25, -0.2) is 14.4 Å². The molecule has 11 heteroatoms. The maximum atomic E-state index is 14.6. The summed E-state index contributed by atoms with van der Waals surface area (Å²) in [5, 5.41) is 8.00. The van der Waals surface area contributed by atoms with Crippen LogP contribution >= 0.6 is 11.6 Å². The number of hydrogen-bond acceptors (Lipinski definition) is 8. The van der Waals surface area contributed by atoms with Gasteiger partial charge in [-0.1, -0.05) is 11.6 Å². The fourth-order valence-corrected chi connectivity index (χ4v) is 4.42. The molecule has 1 unspecified atom stereocenters. The minimum atomic E-state index is -0.698. The molecule has 2 aromatic heterocycles. The first-order valence-electron chi connectivity index (χ1n) is 10.8. The van der Waals surface area contributed by atoms with Crippen molar-refractivity contribution in [1.29, 1.82) is 0 Å². The first-order chi connectivity index (χ1) is 16.0. The number of benzene rings is 1. The zero-order valence-electron chi connectivity index (χ0n) is 17.9. The first kappa shape index (κ1) is 21.6. The minimum Gasteiger partial charge on any atom is -0.477 e. The van der Waals surface area contributed by atoms with E-state index in [0.29, 0.717) is 29.6 Å². The summed E-state index contributed by atoms with van der Waals surface area (Å²) < 4.78 is 25.7. The van der Waals surface area contributed by atoms with Crippen LogP contribution in [0.1, 0.15) is 25.2 Å². The predicted octanol–water partition coefficient (Wildman–Crippen LogP) is 3.28. The van der Waals surface area contributed by atoms with Gasteiger partial charge < -0.3 is 19.0 Å². The average Bonchev–Trinajstić information content (AvgIpc) is 3.41. The van der Waals surface area contributed by atoms with E-state index in [1.807, 2.05) is 4.90 Å². The Hall–Kier alpha value is -3.27. The number of anilines is 1. The standard InChI is InChI=1S/C22H22ClFN6O3/c1-13-27-28-21(32-13)14-2-3-17(16(24)10-14)33-18-6-9-30(22(18)31)15-4-7-29(8-5-15)20-12-25-19(23)11-26-20/h2-3,10-12,15,18H,4-9H2,1H3. The molecule has 2 aliphatic rings. The number of rotatable bonds is 5. The van der Waals surface area contributed by atoms with Gasteiger partial charge in [0, 0.05) is 44.6 Å². The Morgan fingerprint density at radius 2 is 1.94 bits per heavy atom. The van der Waals surface area contributed by atoms with Crippen LogP contribution < -0.4 is 9.64 Å². The van der Waals surface area contributed by atoms with E-state index >= 15 is 0 Å².